The van der Waals surface area contributed by atoms with E-state index < -0.39 is 5.60 Å². The summed E-state index contributed by atoms with van der Waals surface area (Å²) >= 11 is 0. The van der Waals surface area contributed by atoms with E-state index in [4.69, 9.17) is 20.7 Å². The first-order valence-electron chi connectivity index (χ1n) is 12.1. The summed E-state index contributed by atoms with van der Waals surface area (Å²) in [6.07, 6.45) is 9.56. The van der Waals surface area contributed by atoms with E-state index in [1.807, 2.05) is 32.3 Å². The van der Waals surface area contributed by atoms with Crippen LogP contribution in [0, 0.1) is 6.92 Å². The van der Waals surface area contributed by atoms with Crippen LogP contribution in [0.4, 0.5) is 17.5 Å². The number of rotatable bonds is 9. The monoisotopic (exact) mass is 451 g/mol. The van der Waals surface area contributed by atoms with Gasteiger partial charge in [0, 0.05) is 24.8 Å². The van der Waals surface area contributed by atoms with E-state index >= 15 is 0 Å². The Kier molecular flexibility index (Phi) is 7.02. The van der Waals surface area contributed by atoms with Crippen LogP contribution in [0.25, 0.3) is 11.2 Å². The number of aryl methyl sites for hydroxylation is 1. The van der Waals surface area contributed by atoms with Crippen LogP contribution in [-0.2, 0) is 6.54 Å². The van der Waals surface area contributed by atoms with Crippen molar-refractivity contribution in [2.75, 3.05) is 22.9 Å². The Balaban J connectivity index is 1.60. The number of hydrogen-bond donors (Lipinski definition) is 4. The van der Waals surface area contributed by atoms with E-state index in [1.165, 1.54) is 24.8 Å². The third-order valence-corrected chi connectivity index (χ3v) is 6.38. The van der Waals surface area contributed by atoms with Gasteiger partial charge in [-0.3, -0.25) is 0 Å². The second-order valence-electron chi connectivity index (χ2n) is 9.91. The second kappa shape index (κ2) is 9.95. The molecule has 8 heteroatoms. The lowest BCUT2D eigenvalue weighted by Crippen LogP contribution is -2.20. The molecule has 2 heterocycles. The van der Waals surface area contributed by atoms with Crippen LogP contribution in [-0.4, -0.2) is 36.8 Å². The van der Waals surface area contributed by atoms with Gasteiger partial charge in [-0.05, 0) is 58.1 Å². The van der Waals surface area contributed by atoms with Gasteiger partial charge >= 0.3 is 0 Å². The summed E-state index contributed by atoms with van der Waals surface area (Å²) in [5.41, 5.74) is 10.1. The van der Waals surface area contributed by atoms with Gasteiger partial charge in [0.15, 0.2) is 17.0 Å². The molecular weight excluding hydrogens is 414 g/mol. The molecule has 0 atom stereocenters. The van der Waals surface area contributed by atoms with Crippen LogP contribution in [0.5, 0.6) is 0 Å². The van der Waals surface area contributed by atoms with Crippen LogP contribution in [0.3, 0.4) is 0 Å². The molecule has 1 aliphatic rings. The number of aromatic nitrogens is 4. The molecule has 1 aliphatic carbocycles. The Morgan fingerprint density at radius 2 is 1.94 bits per heavy atom. The molecule has 0 radical (unpaired) electrons. The number of aliphatic hydroxyl groups is 1. The van der Waals surface area contributed by atoms with E-state index in [2.05, 4.69) is 28.2 Å². The average molecular weight is 452 g/mol. The van der Waals surface area contributed by atoms with Crippen molar-refractivity contribution in [1.82, 2.24) is 19.5 Å². The van der Waals surface area contributed by atoms with Crippen molar-refractivity contribution in [2.45, 2.75) is 83.9 Å². The highest BCUT2D eigenvalue weighted by Gasteiger charge is 2.21. The van der Waals surface area contributed by atoms with Gasteiger partial charge in [0.25, 0.3) is 0 Å². The van der Waals surface area contributed by atoms with Crippen molar-refractivity contribution in [3.63, 3.8) is 0 Å². The molecule has 0 bridgehead atoms. The standard InChI is InChI=1S/C25H37N7O/c1-17-10-11-20(26)18(14-17)15-28-22-21-23(32(16-29-21)19-8-5-4-6-9-19)31-24(30-22)27-13-7-12-25(2,3)33/h10-11,14,16,19,33H,4-9,12-13,15,26H2,1-3H3,(H2,27,28,30,31). The van der Waals surface area contributed by atoms with Crippen LogP contribution >= 0.6 is 0 Å². The van der Waals surface area contributed by atoms with Crippen LogP contribution in [0.15, 0.2) is 24.5 Å². The van der Waals surface area contributed by atoms with Crippen molar-refractivity contribution < 1.29 is 5.11 Å². The van der Waals surface area contributed by atoms with Gasteiger partial charge in [0.2, 0.25) is 5.95 Å². The number of hydrogen-bond acceptors (Lipinski definition) is 7. The molecule has 4 rings (SSSR count). The van der Waals surface area contributed by atoms with Crippen molar-refractivity contribution in [3.8, 4) is 0 Å². The summed E-state index contributed by atoms with van der Waals surface area (Å²) in [6, 6.07) is 6.48. The number of benzene rings is 1. The summed E-state index contributed by atoms with van der Waals surface area (Å²) in [7, 11) is 0. The minimum Gasteiger partial charge on any atom is -0.398 e. The molecule has 1 saturated carbocycles. The Hall–Kier alpha value is -2.87. The fourth-order valence-corrected chi connectivity index (χ4v) is 4.53. The quantitative estimate of drug-likeness (QED) is 0.273. The van der Waals surface area contributed by atoms with Gasteiger partial charge in [-0.25, -0.2) is 4.98 Å². The molecule has 1 fully saturated rings. The van der Waals surface area contributed by atoms with Gasteiger partial charge in [0.1, 0.15) is 0 Å². The fourth-order valence-electron chi connectivity index (χ4n) is 4.53. The zero-order valence-corrected chi connectivity index (χ0v) is 20.1. The highest BCUT2D eigenvalue weighted by molar-refractivity contribution is 5.84. The molecule has 1 aromatic carbocycles. The largest absolute Gasteiger partial charge is 0.398 e. The van der Waals surface area contributed by atoms with E-state index in [0.717, 1.165) is 41.7 Å². The predicted octanol–water partition coefficient (Wildman–Crippen LogP) is 4.80. The first-order valence-corrected chi connectivity index (χ1v) is 12.1. The Morgan fingerprint density at radius 1 is 1.15 bits per heavy atom. The van der Waals surface area contributed by atoms with Crippen molar-refractivity contribution in [2.24, 2.45) is 0 Å². The number of nitrogens with zero attached hydrogens (tertiary/aromatic N) is 4. The van der Waals surface area contributed by atoms with Crippen LogP contribution in [0.1, 0.15) is 76.0 Å². The molecule has 0 amide bonds. The van der Waals surface area contributed by atoms with Crippen LogP contribution in [0.2, 0.25) is 0 Å². The first-order chi connectivity index (χ1) is 15.8. The number of nitrogens with two attached hydrogens (primary N) is 1. The maximum atomic E-state index is 9.98. The SMILES string of the molecule is Cc1ccc(N)c(CNc2nc(NCCCC(C)(C)O)nc3c2ncn3C2CCCCC2)c1. The average Bonchev–Trinajstić information content (AvgIpc) is 3.21. The maximum Gasteiger partial charge on any atom is 0.226 e. The zero-order chi connectivity index (χ0) is 23.4. The summed E-state index contributed by atoms with van der Waals surface area (Å²) in [5.74, 6) is 1.29. The molecule has 0 unspecified atom stereocenters. The highest BCUT2D eigenvalue weighted by atomic mass is 16.3. The van der Waals surface area contributed by atoms with Gasteiger partial charge in [-0.2, -0.15) is 9.97 Å². The fraction of sp³-hybridized carbons (Fsp3) is 0.560. The molecular formula is C25H37N7O. The lowest BCUT2D eigenvalue weighted by atomic mass is 9.95. The third-order valence-electron chi connectivity index (χ3n) is 6.38. The number of nitrogen functional groups attached to an aromatic ring is 1. The molecule has 5 N–H and O–H groups in total. The van der Waals surface area contributed by atoms with Gasteiger partial charge < -0.3 is 26.0 Å². The first kappa shape index (κ1) is 23.3. The molecule has 178 valence electrons. The van der Waals surface area contributed by atoms with Gasteiger partial charge in [-0.1, -0.05) is 37.0 Å². The van der Waals surface area contributed by atoms with Crippen LogP contribution < -0.4 is 16.4 Å². The summed E-state index contributed by atoms with van der Waals surface area (Å²) in [5, 5.41) is 16.8. The highest BCUT2D eigenvalue weighted by Crippen LogP contribution is 2.32. The van der Waals surface area contributed by atoms with Crippen molar-refractivity contribution >= 4 is 28.6 Å². The van der Waals surface area contributed by atoms with E-state index in [0.29, 0.717) is 37.3 Å². The van der Waals surface area contributed by atoms with Crippen molar-refractivity contribution in [3.05, 3.63) is 35.7 Å². The van der Waals surface area contributed by atoms with Crippen molar-refractivity contribution in [1.29, 1.82) is 0 Å². The van der Waals surface area contributed by atoms with E-state index in [1.54, 1.807) is 0 Å². The predicted molar refractivity (Wildman–Crippen MR) is 134 cm³/mol. The summed E-state index contributed by atoms with van der Waals surface area (Å²) < 4.78 is 2.23. The minimum absolute atomic E-state index is 0.432. The Morgan fingerprint density at radius 3 is 2.70 bits per heavy atom. The number of nitrogens with one attached hydrogen (secondary N) is 2. The number of fused-ring (bicyclic) bond motifs is 1. The normalized spacial score (nSPS) is 15.2. The lowest BCUT2D eigenvalue weighted by molar-refractivity contribution is 0.0698. The van der Waals surface area contributed by atoms with Gasteiger partial charge in [-0.15, -0.1) is 0 Å². The van der Waals surface area contributed by atoms with E-state index in [9.17, 15) is 5.11 Å². The Bertz CT molecular complexity index is 1080. The molecule has 0 saturated heterocycles. The maximum absolute atomic E-state index is 9.98. The summed E-state index contributed by atoms with van der Waals surface area (Å²) in [6.45, 7) is 6.98. The molecule has 3 aromatic rings. The second-order valence-corrected chi connectivity index (χ2v) is 9.91. The van der Waals surface area contributed by atoms with E-state index in [-0.39, 0.29) is 0 Å². The Labute approximate surface area is 196 Å². The topological polar surface area (TPSA) is 114 Å². The molecule has 0 aliphatic heterocycles. The number of anilines is 3. The molecule has 33 heavy (non-hydrogen) atoms. The third kappa shape index (κ3) is 5.93. The zero-order valence-electron chi connectivity index (χ0n) is 20.1. The molecule has 2 aromatic heterocycles. The van der Waals surface area contributed by atoms with Gasteiger partial charge in [0.05, 0.1) is 11.9 Å². The molecule has 0 spiro atoms. The molecule has 8 nitrogen and oxygen atoms in total. The lowest BCUT2D eigenvalue weighted by Gasteiger charge is -2.23. The minimum atomic E-state index is -0.674. The smallest absolute Gasteiger partial charge is 0.226 e. The number of imidazole rings is 1. The summed E-state index contributed by atoms with van der Waals surface area (Å²) in [4.78, 5) is 14.3.